The van der Waals surface area contributed by atoms with Crippen molar-refractivity contribution in [3.63, 3.8) is 0 Å². The van der Waals surface area contributed by atoms with Gasteiger partial charge in [-0.05, 0) is 30.5 Å². The van der Waals surface area contributed by atoms with E-state index in [0.29, 0.717) is 18.7 Å². The molecule has 1 aromatic carbocycles. The maximum absolute atomic E-state index is 12.1. The highest BCUT2D eigenvalue weighted by molar-refractivity contribution is 7.89. The molecule has 1 aromatic rings. The van der Waals surface area contributed by atoms with Gasteiger partial charge in [-0.1, -0.05) is 18.6 Å². The van der Waals surface area contributed by atoms with Crippen LogP contribution < -0.4 is 9.86 Å². The van der Waals surface area contributed by atoms with Crippen LogP contribution in [0.4, 0.5) is 0 Å². The Kier molecular flexibility index (Phi) is 4.99. The molecule has 1 heterocycles. The lowest BCUT2D eigenvalue weighted by Crippen LogP contribution is -2.43. The Morgan fingerprint density at radius 2 is 1.57 bits per heavy atom. The first-order valence-corrected chi connectivity index (χ1v) is 9.64. The molecule has 9 heteroatoms. The first-order valence-electron chi connectivity index (χ1n) is 6.65. The maximum atomic E-state index is 12.1. The molecule has 0 aromatic heterocycles. The van der Waals surface area contributed by atoms with E-state index >= 15 is 0 Å². The summed E-state index contributed by atoms with van der Waals surface area (Å²) in [7, 11) is -7.21. The van der Waals surface area contributed by atoms with Crippen molar-refractivity contribution in [2.24, 2.45) is 5.14 Å². The Balaban J connectivity index is 1.99. The molecule has 7 nitrogen and oxygen atoms in total. The van der Waals surface area contributed by atoms with Crippen LogP contribution in [-0.4, -0.2) is 34.2 Å². The van der Waals surface area contributed by atoms with Gasteiger partial charge >= 0.3 is 0 Å². The largest absolute Gasteiger partial charge is 0.279 e. The minimum absolute atomic E-state index is 0.00476. The van der Waals surface area contributed by atoms with Crippen LogP contribution in [0.5, 0.6) is 0 Å². The molecule has 3 N–H and O–H groups in total. The van der Waals surface area contributed by atoms with Gasteiger partial charge in [-0.3, -0.25) is 0 Å². The molecule has 1 aliphatic rings. The SMILES string of the molecule is NS(=O)(=O)c1ccc(CNS(=O)(=O)N2CCCCC2)cc1. The Morgan fingerprint density at radius 3 is 2.10 bits per heavy atom. The number of primary sulfonamides is 1. The molecule has 0 spiro atoms. The van der Waals surface area contributed by atoms with Crippen LogP contribution in [0.15, 0.2) is 29.2 Å². The first kappa shape index (κ1) is 16.4. The van der Waals surface area contributed by atoms with E-state index in [9.17, 15) is 16.8 Å². The van der Waals surface area contributed by atoms with E-state index in [2.05, 4.69) is 4.72 Å². The average Bonchev–Trinajstić information content (AvgIpc) is 2.46. The summed E-state index contributed by atoms with van der Waals surface area (Å²) in [5.41, 5.74) is 0.669. The smallest absolute Gasteiger partial charge is 0.225 e. The van der Waals surface area contributed by atoms with E-state index in [1.165, 1.54) is 16.4 Å². The topological polar surface area (TPSA) is 110 Å². The molecule has 0 amide bonds. The van der Waals surface area contributed by atoms with Crippen LogP contribution in [0.1, 0.15) is 24.8 Å². The Labute approximate surface area is 125 Å². The van der Waals surface area contributed by atoms with E-state index in [1.807, 2.05) is 0 Å². The first-order chi connectivity index (χ1) is 9.79. The lowest BCUT2D eigenvalue weighted by Gasteiger charge is -2.25. The number of nitrogens with two attached hydrogens (primary N) is 1. The molecule has 21 heavy (non-hydrogen) atoms. The molecule has 1 aliphatic heterocycles. The Morgan fingerprint density at radius 1 is 1.00 bits per heavy atom. The number of piperidine rings is 1. The summed E-state index contributed by atoms with van der Waals surface area (Å²) in [6.45, 7) is 1.20. The van der Waals surface area contributed by atoms with Crippen LogP contribution >= 0.6 is 0 Å². The molecule has 0 radical (unpaired) electrons. The van der Waals surface area contributed by atoms with Crippen molar-refractivity contribution in [3.05, 3.63) is 29.8 Å². The second-order valence-corrected chi connectivity index (χ2v) is 8.29. The fourth-order valence-electron chi connectivity index (χ4n) is 2.17. The molecule has 0 bridgehead atoms. The number of rotatable bonds is 5. The summed E-state index contributed by atoms with van der Waals surface area (Å²) >= 11 is 0. The van der Waals surface area contributed by atoms with E-state index < -0.39 is 20.2 Å². The van der Waals surface area contributed by atoms with Gasteiger partial charge in [-0.2, -0.15) is 17.4 Å². The second-order valence-electron chi connectivity index (χ2n) is 4.97. The highest BCUT2D eigenvalue weighted by atomic mass is 32.2. The van der Waals surface area contributed by atoms with Gasteiger partial charge in [0.1, 0.15) is 0 Å². The van der Waals surface area contributed by atoms with Crippen molar-refractivity contribution in [3.8, 4) is 0 Å². The number of sulfonamides is 1. The third kappa shape index (κ3) is 4.48. The van der Waals surface area contributed by atoms with Crippen LogP contribution in [0.3, 0.4) is 0 Å². The van der Waals surface area contributed by atoms with Gasteiger partial charge in [-0.25, -0.2) is 13.6 Å². The minimum atomic E-state index is -3.73. The summed E-state index contributed by atoms with van der Waals surface area (Å²) in [5, 5.41) is 5.00. The predicted molar refractivity (Wildman–Crippen MR) is 79.0 cm³/mol. The third-order valence-corrected chi connectivity index (χ3v) is 5.85. The normalized spacial score (nSPS) is 17.8. The molecule has 0 aliphatic carbocycles. The molecule has 118 valence electrons. The fourth-order valence-corrected chi connectivity index (χ4v) is 3.95. The molecule has 0 saturated carbocycles. The number of hydrogen-bond donors (Lipinski definition) is 2. The van der Waals surface area contributed by atoms with E-state index in [0.717, 1.165) is 19.3 Å². The Hall–Kier alpha value is -1.00. The van der Waals surface area contributed by atoms with Crippen molar-refractivity contribution in [2.45, 2.75) is 30.7 Å². The fraction of sp³-hybridized carbons (Fsp3) is 0.500. The molecule has 1 fully saturated rings. The molecular formula is C12H19N3O4S2. The number of nitrogens with zero attached hydrogens (tertiary/aromatic N) is 1. The standard InChI is InChI=1S/C12H19N3O4S2/c13-20(16,17)12-6-4-11(5-7-12)10-14-21(18,19)15-8-2-1-3-9-15/h4-7,14H,1-3,8-10H2,(H2,13,16,17). The second kappa shape index (κ2) is 6.41. The van der Waals surface area contributed by atoms with Gasteiger partial charge in [0.15, 0.2) is 0 Å². The van der Waals surface area contributed by atoms with Gasteiger partial charge in [-0.15, -0.1) is 0 Å². The van der Waals surface area contributed by atoms with Crippen molar-refractivity contribution < 1.29 is 16.8 Å². The predicted octanol–water partition coefficient (Wildman–Crippen LogP) is 0.154. The maximum Gasteiger partial charge on any atom is 0.279 e. The van der Waals surface area contributed by atoms with Gasteiger partial charge in [0.05, 0.1) is 4.90 Å². The van der Waals surface area contributed by atoms with Crippen LogP contribution in [0, 0.1) is 0 Å². The molecule has 0 unspecified atom stereocenters. The van der Waals surface area contributed by atoms with E-state index in [1.54, 1.807) is 12.1 Å². The zero-order chi connectivity index (χ0) is 15.5. The van der Waals surface area contributed by atoms with Crippen molar-refractivity contribution in [2.75, 3.05) is 13.1 Å². The highest BCUT2D eigenvalue weighted by Crippen LogP contribution is 2.13. The van der Waals surface area contributed by atoms with Gasteiger partial charge in [0.25, 0.3) is 10.2 Å². The van der Waals surface area contributed by atoms with Gasteiger partial charge < -0.3 is 0 Å². The van der Waals surface area contributed by atoms with Crippen LogP contribution in [0.25, 0.3) is 0 Å². The van der Waals surface area contributed by atoms with Crippen molar-refractivity contribution in [1.29, 1.82) is 0 Å². The zero-order valence-corrected chi connectivity index (χ0v) is 13.2. The number of hydrogen-bond acceptors (Lipinski definition) is 4. The lowest BCUT2D eigenvalue weighted by atomic mass is 10.2. The van der Waals surface area contributed by atoms with Crippen LogP contribution in [0.2, 0.25) is 0 Å². The molecule has 0 atom stereocenters. The minimum Gasteiger partial charge on any atom is -0.225 e. The summed E-state index contributed by atoms with van der Waals surface area (Å²) in [6.07, 6.45) is 2.81. The molecule has 1 saturated heterocycles. The van der Waals surface area contributed by atoms with E-state index in [-0.39, 0.29) is 11.4 Å². The Bertz CT molecular complexity index is 678. The monoisotopic (exact) mass is 333 g/mol. The molecule has 2 rings (SSSR count). The molecular weight excluding hydrogens is 314 g/mol. The number of nitrogens with one attached hydrogen (secondary N) is 1. The summed E-state index contributed by atoms with van der Waals surface area (Å²) in [6, 6.07) is 5.80. The quantitative estimate of drug-likeness (QED) is 0.799. The summed E-state index contributed by atoms with van der Waals surface area (Å²) in [4.78, 5) is 0.00476. The summed E-state index contributed by atoms with van der Waals surface area (Å²) in [5.74, 6) is 0. The van der Waals surface area contributed by atoms with Crippen LogP contribution in [-0.2, 0) is 26.8 Å². The van der Waals surface area contributed by atoms with E-state index in [4.69, 9.17) is 5.14 Å². The number of benzene rings is 1. The van der Waals surface area contributed by atoms with Gasteiger partial charge in [0.2, 0.25) is 10.0 Å². The van der Waals surface area contributed by atoms with Crippen molar-refractivity contribution >= 4 is 20.2 Å². The zero-order valence-electron chi connectivity index (χ0n) is 11.5. The highest BCUT2D eigenvalue weighted by Gasteiger charge is 2.23. The van der Waals surface area contributed by atoms with Crippen molar-refractivity contribution in [1.82, 2.24) is 9.03 Å². The average molecular weight is 333 g/mol. The van der Waals surface area contributed by atoms with Gasteiger partial charge in [0, 0.05) is 19.6 Å². The third-order valence-electron chi connectivity index (χ3n) is 3.37. The lowest BCUT2D eigenvalue weighted by molar-refractivity contribution is 0.341. The summed E-state index contributed by atoms with van der Waals surface area (Å²) < 4.78 is 50.4.